The molecule has 2 N–H and O–H groups in total. The number of carbonyl (C=O) groups excluding carboxylic acids is 1. The van der Waals surface area contributed by atoms with Crippen LogP contribution in [0, 0.1) is 6.92 Å². The van der Waals surface area contributed by atoms with Crippen molar-refractivity contribution in [1.82, 2.24) is 5.32 Å². The summed E-state index contributed by atoms with van der Waals surface area (Å²) < 4.78 is 12.3. The molecule has 1 heterocycles. The minimum absolute atomic E-state index is 0.0608. The van der Waals surface area contributed by atoms with E-state index in [4.69, 9.17) is 42.8 Å². The van der Waals surface area contributed by atoms with Crippen molar-refractivity contribution in [2.45, 2.75) is 37.8 Å². The molecule has 0 aliphatic carbocycles. The van der Waals surface area contributed by atoms with Crippen molar-refractivity contribution >= 4 is 41.1 Å². The third-order valence-electron chi connectivity index (χ3n) is 7.63. The summed E-state index contributed by atoms with van der Waals surface area (Å²) in [6, 6.07) is 30.7. The molecule has 1 amide bonds. The summed E-state index contributed by atoms with van der Waals surface area (Å²) in [5.41, 5.74) is 3.27. The van der Waals surface area contributed by atoms with Gasteiger partial charge in [0.2, 0.25) is 5.90 Å². The molecule has 0 fully saturated rings. The van der Waals surface area contributed by atoms with Crippen LogP contribution in [-0.4, -0.2) is 42.2 Å². The lowest BCUT2D eigenvalue weighted by molar-refractivity contribution is -0.128. The molecular weight excluding hydrogens is 607 g/mol. The Bertz CT molecular complexity index is 1640. The van der Waals surface area contributed by atoms with Crippen molar-refractivity contribution in [3.05, 3.63) is 141 Å². The molecule has 4 aromatic rings. The Balaban J connectivity index is 1.50. The van der Waals surface area contributed by atoms with Gasteiger partial charge in [0.15, 0.2) is 11.6 Å². The molecule has 8 heteroatoms. The number of halogens is 2. The normalized spacial score (nSPS) is 17.6. The number of aliphatic imine (C=N–C) groups is 1. The molecule has 0 saturated carbocycles. The summed E-state index contributed by atoms with van der Waals surface area (Å²) >= 11 is 13.0. The molecule has 0 aromatic heterocycles. The maximum atomic E-state index is 14.4. The van der Waals surface area contributed by atoms with Crippen LogP contribution in [0.1, 0.15) is 46.8 Å². The van der Waals surface area contributed by atoms with Gasteiger partial charge in [-0.15, -0.1) is 0 Å². The van der Waals surface area contributed by atoms with Crippen LogP contribution in [-0.2, 0) is 16.0 Å². The van der Waals surface area contributed by atoms with Crippen LogP contribution in [0.15, 0.2) is 108 Å². The molecule has 0 radical (unpaired) electrons. The van der Waals surface area contributed by atoms with Crippen LogP contribution in [0.5, 0.6) is 5.75 Å². The largest absolute Gasteiger partial charge is 0.494 e. The lowest BCUT2D eigenvalue weighted by Gasteiger charge is -2.30. The number of benzene rings is 4. The van der Waals surface area contributed by atoms with Crippen molar-refractivity contribution in [1.29, 1.82) is 0 Å². The minimum atomic E-state index is -1.36. The van der Waals surface area contributed by atoms with E-state index in [1.807, 2.05) is 73.7 Å². The van der Waals surface area contributed by atoms with Gasteiger partial charge >= 0.3 is 0 Å². The summed E-state index contributed by atoms with van der Waals surface area (Å²) in [4.78, 5) is 19.4. The van der Waals surface area contributed by atoms with Gasteiger partial charge in [0, 0.05) is 47.2 Å². The number of hydrogen-bond acceptors (Lipinski definition) is 5. The quantitative estimate of drug-likeness (QED) is 0.146. The van der Waals surface area contributed by atoms with E-state index >= 15 is 0 Å². The van der Waals surface area contributed by atoms with Crippen molar-refractivity contribution < 1.29 is 19.4 Å². The number of aliphatic hydroxyl groups is 1. The molecule has 2 atom stereocenters. The Hall–Kier alpha value is -4.10. The molecule has 45 heavy (non-hydrogen) atoms. The standard InChI is InChI=1S/C37H36Cl2N2O4/c1-26-10-12-28(13-11-26)20-22-40-36(43)37(21-5-9-27-7-3-2-4-8-27)34(32-19-16-30(38)25-33(32)39)45-35(41-37)29-14-17-31(18-15-29)44-24-6-23-42/h2-5,7-19,25,34,42H,6,20-24H2,1H3,(H,40,43)/b9-5+/t34-,37-/m1/s1. The fourth-order valence-corrected chi connectivity index (χ4v) is 5.68. The number of carbonyl (C=O) groups is 1. The third kappa shape index (κ3) is 8.14. The Morgan fingerprint density at radius 3 is 2.49 bits per heavy atom. The number of amides is 1. The number of aliphatic hydroxyl groups excluding tert-OH is 1. The van der Waals surface area contributed by atoms with E-state index < -0.39 is 11.6 Å². The second-order valence-electron chi connectivity index (χ2n) is 11.0. The zero-order valence-corrected chi connectivity index (χ0v) is 26.6. The highest BCUT2D eigenvalue weighted by atomic mass is 35.5. The Labute approximate surface area is 274 Å². The molecule has 1 aliphatic heterocycles. The molecule has 0 bridgehead atoms. The smallest absolute Gasteiger partial charge is 0.252 e. The molecule has 0 unspecified atom stereocenters. The van der Waals surface area contributed by atoms with Gasteiger partial charge in [-0.3, -0.25) is 4.79 Å². The van der Waals surface area contributed by atoms with Gasteiger partial charge in [0.25, 0.3) is 5.91 Å². The Morgan fingerprint density at radius 2 is 1.78 bits per heavy atom. The molecule has 4 aromatic carbocycles. The molecule has 232 valence electrons. The van der Waals surface area contributed by atoms with E-state index in [0.29, 0.717) is 58.8 Å². The van der Waals surface area contributed by atoms with Crippen molar-refractivity contribution in [2.75, 3.05) is 19.8 Å². The second kappa shape index (κ2) is 15.3. The Morgan fingerprint density at radius 1 is 1.02 bits per heavy atom. The second-order valence-corrected chi connectivity index (χ2v) is 11.8. The van der Waals surface area contributed by atoms with Gasteiger partial charge in [-0.1, -0.05) is 102 Å². The first kappa shape index (κ1) is 32.3. The van der Waals surface area contributed by atoms with E-state index in [9.17, 15) is 4.79 Å². The lowest BCUT2D eigenvalue weighted by atomic mass is 9.84. The molecular formula is C37H36Cl2N2O4. The number of nitrogens with zero attached hydrogens (tertiary/aromatic N) is 1. The molecule has 1 aliphatic rings. The number of ether oxygens (including phenoxy) is 2. The average molecular weight is 644 g/mol. The van der Waals surface area contributed by atoms with E-state index in [0.717, 1.165) is 11.1 Å². The molecule has 0 saturated heterocycles. The fourth-order valence-electron chi connectivity index (χ4n) is 5.17. The highest BCUT2D eigenvalue weighted by Gasteiger charge is 2.53. The van der Waals surface area contributed by atoms with E-state index in [1.54, 1.807) is 18.2 Å². The molecule has 5 rings (SSSR count). The lowest BCUT2D eigenvalue weighted by Crippen LogP contribution is -2.48. The van der Waals surface area contributed by atoms with Crippen molar-refractivity contribution in [3.8, 4) is 5.75 Å². The maximum Gasteiger partial charge on any atom is 0.252 e. The third-order valence-corrected chi connectivity index (χ3v) is 8.20. The zero-order chi connectivity index (χ0) is 31.6. The highest BCUT2D eigenvalue weighted by molar-refractivity contribution is 6.35. The van der Waals surface area contributed by atoms with Crippen LogP contribution in [0.25, 0.3) is 6.08 Å². The minimum Gasteiger partial charge on any atom is -0.494 e. The van der Waals surface area contributed by atoms with E-state index in [-0.39, 0.29) is 18.9 Å². The summed E-state index contributed by atoms with van der Waals surface area (Å²) in [5, 5.41) is 13.1. The van der Waals surface area contributed by atoms with Gasteiger partial charge in [-0.05, 0) is 60.9 Å². The van der Waals surface area contributed by atoms with Gasteiger partial charge < -0.3 is 19.9 Å². The summed E-state index contributed by atoms with van der Waals surface area (Å²) in [7, 11) is 0. The highest BCUT2D eigenvalue weighted by Crippen LogP contribution is 2.45. The van der Waals surface area contributed by atoms with Gasteiger partial charge in [-0.2, -0.15) is 0 Å². The van der Waals surface area contributed by atoms with Crippen LogP contribution in [0.4, 0.5) is 0 Å². The number of nitrogens with one attached hydrogen (secondary N) is 1. The van der Waals surface area contributed by atoms with E-state index in [2.05, 4.69) is 29.6 Å². The van der Waals surface area contributed by atoms with Crippen LogP contribution >= 0.6 is 23.2 Å². The zero-order valence-electron chi connectivity index (χ0n) is 25.1. The number of aryl methyl sites for hydroxylation is 1. The first-order valence-corrected chi connectivity index (χ1v) is 15.7. The summed E-state index contributed by atoms with van der Waals surface area (Å²) in [5.74, 6) is 0.728. The van der Waals surface area contributed by atoms with E-state index in [1.165, 1.54) is 5.56 Å². The number of rotatable bonds is 13. The van der Waals surface area contributed by atoms with Crippen molar-refractivity contribution in [2.24, 2.45) is 4.99 Å². The number of hydrogen-bond donors (Lipinski definition) is 2. The Kier molecular flexibility index (Phi) is 11.0. The van der Waals surface area contributed by atoms with Crippen LogP contribution in [0.2, 0.25) is 10.0 Å². The van der Waals surface area contributed by atoms with Gasteiger partial charge in [0.1, 0.15) is 5.75 Å². The van der Waals surface area contributed by atoms with Gasteiger partial charge in [0.05, 0.1) is 6.61 Å². The predicted molar refractivity (Wildman–Crippen MR) is 181 cm³/mol. The first-order valence-electron chi connectivity index (χ1n) is 15.0. The van der Waals surface area contributed by atoms with Crippen LogP contribution in [0.3, 0.4) is 0 Å². The monoisotopic (exact) mass is 642 g/mol. The van der Waals surface area contributed by atoms with Crippen molar-refractivity contribution in [3.63, 3.8) is 0 Å². The van der Waals surface area contributed by atoms with Crippen LogP contribution < -0.4 is 10.1 Å². The first-order chi connectivity index (χ1) is 21.9. The predicted octanol–water partition coefficient (Wildman–Crippen LogP) is 7.78. The van der Waals surface area contributed by atoms with Gasteiger partial charge in [-0.25, -0.2) is 4.99 Å². The summed E-state index contributed by atoms with van der Waals surface area (Å²) in [6.45, 7) is 2.95. The average Bonchev–Trinajstić information content (AvgIpc) is 3.43. The fraction of sp³-hybridized carbons (Fsp3) is 0.243. The maximum absolute atomic E-state index is 14.4. The topological polar surface area (TPSA) is 80.2 Å². The summed E-state index contributed by atoms with van der Waals surface area (Å²) in [6.07, 6.45) is 4.58. The molecule has 0 spiro atoms. The SMILES string of the molecule is Cc1ccc(CCNC(=O)[C@]2(C/C=C/c3ccccc3)N=C(c3ccc(OCCCO)cc3)O[C@@H]2c2ccc(Cl)cc2Cl)cc1. The molecule has 6 nitrogen and oxygen atoms in total.